The number of aromatic hydroxyl groups is 1. The third-order valence-electron chi connectivity index (χ3n) is 3.14. The molecule has 7 heteroatoms. The molecule has 1 saturated heterocycles. The molecule has 1 N–H and O–H groups in total. The number of methoxy groups -OCH3 is 2. The van der Waals surface area contributed by atoms with Crippen molar-refractivity contribution in [3.8, 4) is 11.5 Å². The van der Waals surface area contributed by atoms with Crippen LogP contribution in [0.25, 0.3) is 6.08 Å². The average molecular weight is 323 g/mol. The van der Waals surface area contributed by atoms with Crippen LogP contribution < -0.4 is 4.74 Å². The van der Waals surface area contributed by atoms with Crippen molar-refractivity contribution in [2.45, 2.75) is 6.42 Å². The number of imide groups is 1. The van der Waals surface area contributed by atoms with Gasteiger partial charge < -0.3 is 14.6 Å². The minimum Gasteiger partial charge on any atom is -0.504 e. The molecular formula is C15H17NO5S. The Balaban J connectivity index is 2.20. The lowest BCUT2D eigenvalue weighted by Gasteiger charge is -2.11. The highest BCUT2D eigenvalue weighted by atomic mass is 32.2. The quantitative estimate of drug-likeness (QED) is 0.640. The van der Waals surface area contributed by atoms with Gasteiger partial charge in [0, 0.05) is 25.8 Å². The molecule has 1 aromatic carbocycles. The molecule has 0 spiro atoms. The van der Waals surface area contributed by atoms with Crippen molar-refractivity contribution in [1.82, 2.24) is 4.90 Å². The van der Waals surface area contributed by atoms with Gasteiger partial charge in [0.2, 0.25) is 0 Å². The molecule has 2 rings (SSSR count). The number of carbonyl (C=O) groups excluding carboxylic acids is 2. The van der Waals surface area contributed by atoms with Gasteiger partial charge in [0.05, 0.1) is 12.0 Å². The molecule has 1 heterocycles. The predicted octanol–water partition coefficient (Wildman–Crippen LogP) is 2.47. The number of para-hydroxylation sites is 1. The summed E-state index contributed by atoms with van der Waals surface area (Å²) in [7, 11) is 3.02. The Hall–Kier alpha value is -1.99. The van der Waals surface area contributed by atoms with Crippen LogP contribution in [0.2, 0.25) is 0 Å². The van der Waals surface area contributed by atoms with Gasteiger partial charge in [-0.05, 0) is 30.3 Å². The van der Waals surface area contributed by atoms with E-state index >= 15 is 0 Å². The first-order chi connectivity index (χ1) is 10.6. The van der Waals surface area contributed by atoms with Crippen LogP contribution in [0.15, 0.2) is 23.1 Å². The number of amides is 2. The van der Waals surface area contributed by atoms with Crippen LogP contribution in [0, 0.1) is 0 Å². The average Bonchev–Trinajstić information content (AvgIpc) is 2.77. The third-order valence-corrected chi connectivity index (χ3v) is 4.05. The molecule has 0 unspecified atom stereocenters. The summed E-state index contributed by atoms with van der Waals surface area (Å²) < 4.78 is 9.94. The topological polar surface area (TPSA) is 76.1 Å². The molecule has 0 radical (unpaired) electrons. The van der Waals surface area contributed by atoms with Crippen LogP contribution in [0.3, 0.4) is 0 Å². The van der Waals surface area contributed by atoms with E-state index in [0.29, 0.717) is 30.9 Å². The molecule has 118 valence electrons. The Morgan fingerprint density at radius 2 is 2.09 bits per heavy atom. The number of thioether (sulfide) groups is 1. The number of hydrogen-bond acceptors (Lipinski definition) is 6. The van der Waals surface area contributed by atoms with Gasteiger partial charge in [0.25, 0.3) is 11.1 Å². The first-order valence-corrected chi connectivity index (χ1v) is 7.50. The fraction of sp³-hybridized carbons (Fsp3) is 0.333. The van der Waals surface area contributed by atoms with Crippen molar-refractivity contribution in [3.63, 3.8) is 0 Å². The Morgan fingerprint density at radius 1 is 1.32 bits per heavy atom. The van der Waals surface area contributed by atoms with E-state index in [4.69, 9.17) is 9.47 Å². The van der Waals surface area contributed by atoms with E-state index in [9.17, 15) is 14.7 Å². The summed E-state index contributed by atoms with van der Waals surface area (Å²) in [6.07, 6.45) is 2.09. The Bertz CT molecular complexity index is 614. The molecule has 1 aliphatic heterocycles. The first-order valence-electron chi connectivity index (χ1n) is 6.68. The second-order valence-corrected chi connectivity index (χ2v) is 5.57. The maximum atomic E-state index is 12.2. The van der Waals surface area contributed by atoms with Crippen LogP contribution in [0.1, 0.15) is 12.0 Å². The lowest BCUT2D eigenvalue weighted by Crippen LogP contribution is -2.29. The molecule has 1 aliphatic rings. The van der Waals surface area contributed by atoms with Crippen molar-refractivity contribution >= 4 is 29.0 Å². The summed E-state index contributed by atoms with van der Waals surface area (Å²) in [6, 6.07) is 4.97. The third kappa shape index (κ3) is 3.42. The van der Waals surface area contributed by atoms with Gasteiger partial charge in [-0.15, -0.1) is 0 Å². The van der Waals surface area contributed by atoms with E-state index in [2.05, 4.69) is 0 Å². The monoisotopic (exact) mass is 323 g/mol. The molecular weight excluding hydrogens is 306 g/mol. The smallest absolute Gasteiger partial charge is 0.293 e. The van der Waals surface area contributed by atoms with Gasteiger partial charge in [-0.25, -0.2) is 0 Å². The Kier molecular flexibility index (Phi) is 5.46. The summed E-state index contributed by atoms with van der Waals surface area (Å²) in [4.78, 5) is 25.6. The van der Waals surface area contributed by atoms with Crippen LogP contribution in [-0.4, -0.2) is 48.5 Å². The van der Waals surface area contributed by atoms with Crippen molar-refractivity contribution in [2.24, 2.45) is 0 Å². The van der Waals surface area contributed by atoms with Gasteiger partial charge in [0.1, 0.15) is 0 Å². The van der Waals surface area contributed by atoms with Crippen LogP contribution in [-0.2, 0) is 9.53 Å². The first kappa shape index (κ1) is 16.4. The molecule has 1 aromatic rings. The highest BCUT2D eigenvalue weighted by molar-refractivity contribution is 8.18. The van der Waals surface area contributed by atoms with E-state index in [1.165, 1.54) is 18.1 Å². The van der Waals surface area contributed by atoms with Gasteiger partial charge in [-0.2, -0.15) is 0 Å². The minimum atomic E-state index is -0.353. The van der Waals surface area contributed by atoms with Crippen molar-refractivity contribution in [1.29, 1.82) is 0 Å². The highest BCUT2D eigenvalue weighted by Gasteiger charge is 2.34. The summed E-state index contributed by atoms with van der Waals surface area (Å²) in [5.41, 5.74) is 0.432. The summed E-state index contributed by atoms with van der Waals surface area (Å²) in [6.45, 7) is 0.803. The summed E-state index contributed by atoms with van der Waals surface area (Å²) in [5, 5.41) is 9.72. The second kappa shape index (κ2) is 7.33. The van der Waals surface area contributed by atoms with Crippen molar-refractivity contribution < 1.29 is 24.2 Å². The van der Waals surface area contributed by atoms with E-state index in [1.54, 1.807) is 25.3 Å². The zero-order valence-electron chi connectivity index (χ0n) is 12.4. The molecule has 0 aromatic heterocycles. The standard InChI is InChI=1S/C15H17NO5S/c1-20-8-4-7-16-14(18)12(22-15(16)19)9-10-5-3-6-11(21-2)13(10)17/h3,5-6,9,17H,4,7-8H2,1-2H3/b12-9-. The van der Waals surface area contributed by atoms with Crippen LogP contribution >= 0.6 is 11.8 Å². The van der Waals surface area contributed by atoms with E-state index in [0.717, 1.165) is 11.8 Å². The fourth-order valence-corrected chi connectivity index (χ4v) is 2.88. The molecule has 22 heavy (non-hydrogen) atoms. The number of ether oxygens (including phenoxy) is 2. The van der Waals surface area contributed by atoms with Crippen LogP contribution in [0.5, 0.6) is 11.5 Å². The summed E-state index contributed by atoms with van der Waals surface area (Å²) >= 11 is 0.863. The van der Waals surface area contributed by atoms with E-state index in [-0.39, 0.29) is 21.8 Å². The second-order valence-electron chi connectivity index (χ2n) is 4.58. The normalized spacial score (nSPS) is 16.6. The van der Waals surface area contributed by atoms with E-state index in [1.807, 2.05) is 0 Å². The number of hydrogen-bond donors (Lipinski definition) is 1. The Labute approximate surface area is 132 Å². The molecule has 1 fully saturated rings. The van der Waals surface area contributed by atoms with Gasteiger partial charge >= 0.3 is 0 Å². The molecule has 0 atom stereocenters. The number of phenolic OH excluding ortho intramolecular Hbond substituents is 1. The number of rotatable bonds is 6. The number of carbonyl (C=O) groups is 2. The SMILES string of the molecule is COCCCN1C(=O)S/C(=C\c2cccc(OC)c2O)C1=O. The molecule has 0 bridgehead atoms. The lowest BCUT2D eigenvalue weighted by molar-refractivity contribution is -0.122. The maximum Gasteiger partial charge on any atom is 0.293 e. The number of nitrogens with zero attached hydrogens (tertiary/aromatic N) is 1. The highest BCUT2D eigenvalue weighted by Crippen LogP contribution is 2.36. The molecule has 2 amide bonds. The van der Waals surface area contributed by atoms with Gasteiger partial charge in [-0.3, -0.25) is 14.5 Å². The largest absolute Gasteiger partial charge is 0.504 e. The van der Waals surface area contributed by atoms with E-state index < -0.39 is 0 Å². The summed E-state index contributed by atoms with van der Waals surface area (Å²) in [5.74, 6) is -0.0995. The Morgan fingerprint density at radius 3 is 2.77 bits per heavy atom. The predicted molar refractivity (Wildman–Crippen MR) is 83.8 cm³/mol. The fourth-order valence-electron chi connectivity index (χ4n) is 2.02. The lowest BCUT2D eigenvalue weighted by atomic mass is 10.1. The van der Waals surface area contributed by atoms with Gasteiger partial charge in [0.15, 0.2) is 11.5 Å². The minimum absolute atomic E-state index is 0.0591. The number of phenols is 1. The zero-order chi connectivity index (χ0) is 16.1. The number of benzene rings is 1. The molecule has 0 saturated carbocycles. The van der Waals surface area contributed by atoms with Crippen molar-refractivity contribution in [3.05, 3.63) is 28.7 Å². The van der Waals surface area contributed by atoms with Crippen LogP contribution in [0.4, 0.5) is 4.79 Å². The zero-order valence-corrected chi connectivity index (χ0v) is 13.2. The maximum absolute atomic E-state index is 12.2. The van der Waals surface area contributed by atoms with Gasteiger partial charge in [-0.1, -0.05) is 12.1 Å². The molecule has 6 nitrogen and oxygen atoms in total. The molecule has 0 aliphatic carbocycles. The van der Waals surface area contributed by atoms with Crippen molar-refractivity contribution in [2.75, 3.05) is 27.4 Å².